The van der Waals surface area contributed by atoms with Crippen molar-refractivity contribution in [1.82, 2.24) is 9.62 Å². The topological polar surface area (TPSA) is 78.5 Å². The zero-order chi connectivity index (χ0) is 18.6. The number of carbonyl (C=O) groups is 1. The maximum Gasteiger partial charge on any atom is 0.243 e. The second-order valence-electron chi connectivity index (χ2n) is 7.37. The van der Waals surface area contributed by atoms with Gasteiger partial charge in [0.05, 0.1) is 10.8 Å². The van der Waals surface area contributed by atoms with Crippen LogP contribution in [0.1, 0.15) is 44.9 Å². The van der Waals surface area contributed by atoms with E-state index in [9.17, 15) is 13.2 Å². The van der Waals surface area contributed by atoms with Crippen molar-refractivity contribution in [2.24, 2.45) is 5.92 Å². The van der Waals surface area contributed by atoms with Crippen LogP contribution in [-0.4, -0.2) is 44.8 Å². The molecule has 1 amide bonds. The molecule has 0 aromatic heterocycles. The molecule has 6 nitrogen and oxygen atoms in total. The number of hydrogen-bond donors (Lipinski definition) is 2. The number of sulfonamides is 1. The molecule has 1 saturated heterocycles. The summed E-state index contributed by atoms with van der Waals surface area (Å²) in [6.45, 7) is 1.62. The van der Waals surface area contributed by atoms with Crippen LogP contribution in [0.2, 0.25) is 0 Å². The van der Waals surface area contributed by atoms with E-state index in [0.29, 0.717) is 12.2 Å². The third kappa shape index (κ3) is 5.44. The van der Waals surface area contributed by atoms with Gasteiger partial charge in [-0.2, -0.15) is 4.31 Å². The largest absolute Gasteiger partial charge is 0.326 e. The van der Waals surface area contributed by atoms with Gasteiger partial charge in [-0.15, -0.1) is 12.4 Å². The van der Waals surface area contributed by atoms with Crippen molar-refractivity contribution in [3.05, 3.63) is 24.3 Å². The molecule has 0 radical (unpaired) electrons. The highest BCUT2D eigenvalue weighted by Gasteiger charge is 2.29. The first-order valence-electron chi connectivity index (χ1n) is 9.58. The first-order chi connectivity index (χ1) is 12.5. The highest BCUT2D eigenvalue weighted by molar-refractivity contribution is 7.89. The van der Waals surface area contributed by atoms with Gasteiger partial charge >= 0.3 is 0 Å². The van der Waals surface area contributed by atoms with E-state index in [4.69, 9.17) is 0 Å². The van der Waals surface area contributed by atoms with Crippen LogP contribution in [0.5, 0.6) is 0 Å². The Balaban J connectivity index is 0.00000261. The Labute approximate surface area is 168 Å². The molecule has 1 aliphatic heterocycles. The molecule has 0 spiro atoms. The molecule has 1 atom stereocenters. The first kappa shape index (κ1) is 22.1. The minimum Gasteiger partial charge on any atom is -0.326 e. The highest BCUT2D eigenvalue weighted by Crippen LogP contribution is 2.27. The van der Waals surface area contributed by atoms with Crippen LogP contribution in [0.15, 0.2) is 29.2 Å². The molecule has 1 aliphatic carbocycles. The summed E-state index contributed by atoms with van der Waals surface area (Å²) in [7, 11) is -1.88. The van der Waals surface area contributed by atoms with E-state index in [2.05, 4.69) is 10.6 Å². The molecule has 2 N–H and O–H groups in total. The predicted molar refractivity (Wildman–Crippen MR) is 110 cm³/mol. The van der Waals surface area contributed by atoms with Gasteiger partial charge in [0.2, 0.25) is 15.9 Å². The number of anilines is 1. The number of halogens is 1. The molecule has 1 aromatic carbocycles. The fraction of sp³-hybridized carbons (Fsp3) is 0.632. The number of rotatable bonds is 5. The van der Waals surface area contributed by atoms with E-state index in [1.165, 1.54) is 10.7 Å². The average molecular weight is 416 g/mol. The highest BCUT2D eigenvalue weighted by atomic mass is 35.5. The van der Waals surface area contributed by atoms with Crippen LogP contribution < -0.4 is 10.6 Å². The Kier molecular flexibility index (Phi) is 8.09. The number of nitrogens with zero attached hydrogens (tertiary/aromatic N) is 1. The molecule has 3 rings (SSSR count). The third-order valence-electron chi connectivity index (χ3n) is 5.54. The molecule has 1 unspecified atom stereocenters. The summed E-state index contributed by atoms with van der Waals surface area (Å²) in [5.41, 5.74) is 0.540. The summed E-state index contributed by atoms with van der Waals surface area (Å²) < 4.78 is 27.5. The molecular formula is C19H30ClN3O3S. The quantitative estimate of drug-likeness (QED) is 0.774. The molecule has 1 heterocycles. The average Bonchev–Trinajstić information content (AvgIpc) is 2.69. The lowest BCUT2D eigenvalue weighted by Crippen LogP contribution is -2.38. The maximum atomic E-state index is 13.0. The lowest BCUT2D eigenvalue weighted by molar-refractivity contribution is -0.120. The molecule has 8 heteroatoms. The van der Waals surface area contributed by atoms with Crippen molar-refractivity contribution in [3.63, 3.8) is 0 Å². The van der Waals surface area contributed by atoms with Gasteiger partial charge in [0, 0.05) is 25.3 Å². The number of piperidine rings is 1. The molecule has 2 aliphatic rings. The maximum absolute atomic E-state index is 13.0. The summed E-state index contributed by atoms with van der Waals surface area (Å²) in [6, 6.07) is 6.68. The van der Waals surface area contributed by atoms with Crippen molar-refractivity contribution >= 4 is 34.0 Å². The lowest BCUT2D eigenvalue weighted by Gasteiger charge is -2.30. The molecule has 1 aromatic rings. The van der Waals surface area contributed by atoms with Crippen molar-refractivity contribution in [2.75, 3.05) is 25.5 Å². The fourth-order valence-electron chi connectivity index (χ4n) is 3.86. The number of benzene rings is 1. The zero-order valence-corrected chi connectivity index (χ0v) is 17.4. The van der Waals surface area contributed by atoms with Crippen LogP contribution in [0.3, 0.4) is 0 Å². The molecule has 27 heavy (non-hydrogen) atoms. The van der Waals surface area contributed by atoms with Crippen molar-refractivity contribution < 1.29 is 13.2 Å². The SMILES string of the molecule is CN(C1CCCCC1)S(=O)(=O)c1cccc(NC(=O)C2CCCNC2)c1.Cl. The van der Waals surface area contributed by atoms with Crippen LogP contribution in [0.25, 0.3) is 0 Å². The molecule has 0 bridgehead atoms. The standard InChI is InChI=1S/C19H29N3O3S.ClH/c1-22(17-9-3-2-4-10-17)26(24,25)18-11-5-8-16(13-18)21-19(23)15-7-6-12-20-14-15;/h5,8,11,13,15,17,20H,2-4,6-7,9-10,12,14H2,1H3,(H,21,23);1H. The van der Waals surface area contributed by atoms with Crippen molar-refractivity contribution in [3.8, 4) is 0 Å². The lowest BCUT2D eigenvalue weighted by atomic mass is 9.96. The second kappa shape index (κ2) is 9.87. The zero-order valence-electron chi connectivity index (χ0n) is 15.8. The van der Waals surface area contributed by atoms with Gasteiger partial charge in [-0.05, 0) is 50.4 Å². The summed E-state index contributed by atoms with van der Waals surface area (Å²) in [4.78, 5) is 12.6. The van der Waals surface area contributed by atoms with E-state index < -0.39 is 10.0 Å². The number of hydrogen-bond acceptors (Lipinski definition) is 4. The number of amides is 1. The number of nitrogens with one attached hydrogen (secondary N) is 2. The van der Waals surface area contributed by atoms with Crippen LogP contribution >= 0.6 is 12.4 Å². The van der Waals surface area contributed by atoms with Crippen LogP contribution in [0, 0.1) is 5.92 Å². The van der Waals surface area contributed by atoms with E-state index in [1.54, 1.807) is 31.3 Å². The monoisotopic (exact) mass is 415 g/mol. The van der Waals surface area contributed by atoms with Gasteiger partial charge in [-0.25, -0.2) is 8.42 Å². The Morgan fingerprint density at radius 3 is 2.56 bits per heavy atom. The Hall–Kier alpha value is -1.15. The van der Waals surface area contributed by atoms with Crippen LogP contribution in [0.4, 0.5) is 5.69 Å². The minimum atomic E-state index is -3.55. The molecule has 152 valence electrons. The second-order valence-corrected chi connectivity index (χ2v) is 9.37. The first-order valence-corrected chi connectivity index (χ1v) is 11.0. The smallest absolute Gasteiger partial charge is 0.243 e. The Bertz CT molecular complexity index is 729. The van der Waals surface area contributed by atoms with Gasteiger partial charge in [-0.3, -0.25) is 4.79 Å². The number of carbonyl (C=O) groups excluding carboxylic acids is 1. The molecule has 1 saturated carbocycles. The van der Waals surface area contributed by atoms with Crippen LogP contribution in [-0.2, 0) is 14.8 Å². The van der Waals surface area contributed by atoms with E-state index >= 15 is 0 Å². The van der Waals surface area contributed by atoms with Gasteiger partial charge in [-0.1, -0.05) is 25.3 Å². The minimum absolute atomic E-state index is 0. The van der Waals surface area contributed by atoms with E-state index in [0.717, 1.165) is 45.1 Å². The molecule has 2 fully saturated rings. The Morgan fingerprint density at radius 2 is 1.89 bits per heavy atom. The summed E-state index contributed by atoms with van der Waals surface area (Å²) >= 11 is 0. The van der Waals surface area contributed by atoms with Gasteiger partial charge in [0.15, 0.2) is 0 Å². The molecular weight excluding hydrogens is 386 g/mol. The van der Waals surface area contributed by atoms with E-state index in [1.807, 2.05) is 0 Å². The Morgan fingerprint density at radius 1 is 1.15 bits per heavy atom. The van der Waals surface area contributed by atoms with Crippen molar-refractivity contribution in [2.45, 2.75) is 55.9 Å². The summed E-state index contributed by atoms with van der Waals surface area (Å²) in [5, 5.41) is 6.11. The predicted octanol–water partition coefficient (Wildman–Crippen LogP) is 3.00. The summed E-state index contributed by atoms with van der Waals surface area (Å²) in [6.07, 6.45) is 7.02. The van der Waals surface area contributed by atoms with Gasteiger partial charge in [0.25, 0.3) is 0 Å². The van der Waals surface area contributed by atoms with Crippen molar-refractivity contribution in [1.29, 1.82) is 0 Å². The van der Waals surface area contributed by atoms with E-state index in [-0.39, 0.29) is 35.2 Å². The van der Waals surface area contributed by atoms with Gasteiger partial charge < -0.3 is 10.6 Å². The third-order valence-corrected chi connectivity index (χ3v) is 7.44. The summed E-state index contributed by atoms with van der Waals surface area (Å²) in [5.74, 6) is -0.110. The fourth-order valence-corrected chi connectivity index (χ4v) is 5.32. The normalized spacial score (nSPS) is 21.5. The van der Waals surface area contributed by atoms with Gasteiger partial charge in [0.1, 0.15) is 0 Å².